The van der Waals surface area contributed by atoms with Crippen LogP contribution in [0.5, 0.6) is 11.5 Å². The van der Waals surface area contributed by atoms with Crippen LogP contribution < -0.4 is 24.4 Å². The van der Waals surface area contributed by atoms with Crippen LogP contribution in [-0.2, 0) is 9.53 Å². The first-order chi connectivity index (χ1) is 16.3. The lowest BCUT2D eigenvalue weighted by Gasteiger charge is -2.25. The van der Waals surface area contributed by atoms with E-state index in [0.29, 0.717) is 37.1 Å². The SMILES string of the molecule is CC1=C(C(=O)OC(C)C)C(c2ccc(Cl)cc2)n2c(s/c(=C\c3ccc4c(c3)OCO4)c2=O)=N1. The Morgan fingerprint density at radius 2 is 1.94 bits per heavy atom. The molecule has 174 valence electrons. The van der Waals surface area contributed by atoms with Gasteiger partial charge in [-0.3, -0.25) is 9.36 Å². The van der Waals surface area contributed by atoms with E-state index in [0.717, 1.165) is 11.1 Å². The minimum Gasteiger partial charge on any atom is -0.459 e. The van der Waals surface area contributed by atoms with Gasteiger partial charge in [0.1, 0.15) is 0 Å². The highest BCUT2D eigenvalue weighted by molar-refractivity contribution is 7.07. The molecule has 0 radical (unpaired) electrons. The molecule has 0 saturated heterocycles. The van der Waals surface area contributed by atoms with Crippen LogP contribution in [0, 0.1) is 0 Å². The normalized spacial score (nSPS) is 17.1. The topological polar surface area (TPSA) is 79.1 Å². The quantitative estimate of drug-likeness (QED) is 0.516. The summed E-state index contributed by atoms with van der Waals surface area (Å²) in [5, 5.41) is 0.561. The van der Waals surface area contributed by atoms with Crippen molar-refractivity contribution < 1.29 is 19.0 Å². The minimum atomic E-state index is -0.682. The second-order valence-corrected chi connectivity index (χ2v) is 9.65. The molecular weight excluding hydrogens is 476 g/mol. The number of thiazole rings is 1. The van der Waals surface area contributed by atoms with E-state index < -0.39 is 12.0 Å². The Kier molecular flexibility index (Phi) is 5.79. The molecule has 9 heteroatoms. The molecule has 3 heterocycles. The van der Waals surface area contributed by atoms with E-state index in [4.69, 9.17) is 25.8 Å². The van der Waals surface area contributed by atoms with Gasteiger partial charge in [-0.05, 0) is 62.2 Å². The number of benzene rings is 2. The molecule has 0 spiro atoms. The Hall–Kier alpha value is -3.36. The van der Waals surface area contributed by atoms with Crippen molar-refractivity contribution in [1.29, 1.82) is 0 Å². The summed E-state index contributed by atoms with van der Waals surface area (Å²) in [5.74, 6) is 0.807. The third-order valence-electron chi connectivity index (χ3n) is 5.46. The molecule has 1 atom stereocenters. The molecule has 0 aliphatic carbocycles. The van der Waals surface area contributed by atoms with Gasteiger partial charge in [0, 0.05) is 5.02 Å². The number of fused-ring (bicyclic) bond motifs is 2. The zero-order valence-electron chi connectivity index (χ0n) is 18.7. The molecule has 1 aromatic heterocycles. The largest absolute Gasteiger partial charge is 0.459 e. The number of nitrogens with zero attached hydrogens (tertiary/aromatic N) is 2. The van der Waals surface area contributed by atoms with Crippen LogP contribution in [0.25, 0.3) is 6.08 Å². The highest BCUT2D eigenvalue weighted by Gasteiger charge is 2.33. The second-order valence-electron chi connectivity index (χ2n) is 8.20. The van der Waals surface area contributed by atoms with Crippen molar-refractivity contribution in [1.82, 2.24) is 4.57 Å². The number of allylic oxidation sites excluding steroid dienone is 1. The fourth-order valence-corrected chi connectivity index (χ4v) is 5.15. The second kappa shape index (κ2) is 8.77. The lowest BCUT2D eigenvalue weighted by Crippen LogP contribution is -2.40. The van der Waals surface area contributed by atoms with Gasteiger partial charge in [-0.1, -0.05) is 41.1 Å². The van der Waals surface area contributed by atoms with Crippen molar-refractivity contribution in [3.8, 4) is 11.5 Å². The van der Waals surface area contributed by atoms with Crippen LogP contribution >= 0.6 is 22.9 Å². The molecular formula is C25H21ClN2O5S. The van der Waals surface area contributed by atoms with Crippen LogP contribution in [0.4, 0.5) is 0 Å². The van der Waals surface area contributed by atoms with Crippen molar-refractivity contribution in [3.63, 3.8) is 0 Å². The summed E-state index contributed by atoms with van der Waals surface area (Å²) in [5.41, 5.74) is 2.14. The zero-order chi connectivity index (χ0) is 24.0. The number of aromatic nitrogens is 1. The number of carbonyl (C=O) groups excluding carboxylic acids is 1. The number of hydrogen-bond donors (Lipinski definition) is 0. The summed E-state index contributed by atoms with van der Waals surface area (Å²) in [6.45, 7) is 5.50. The monoisotopic (exact) mass is 496 g/mol. The Morgan fingerprint density at radius 1 is 1.21 bits per heavy atom. The van der Waals surface area contributed by atoms with Crippen LogP contribution in [0.3, 0.4) is 0 Å². The molecule has 2 aliphatic rings. The van der Waals surface area contributed by atoms with Gasteiger partial charge in [0.05, 0.1) is 27.9 Å². The van der Waals surface area contributed by atoms with Crippen LogP contribution in [0.15, 0.2) is 63.5 Å². The molecule has 0 amide bonds. The maximum absolute atomic E-state index is 13.6. The number of halogens is 1. The average molecular weight is 497 g/mol. The Balaban J connectivity index is 1.68. The zero-order valence-corrected chi connectivity index (χ0v) is 20.3. The summed E-state index contributed by atoms with van der Waals surface area (Å²) < 4.78 is 18.4. The van der Waals surface area contributed by atoms with Gasteiger partial charge in [0.25, 0.3) is 5.56 Å². The number of ether oxygens (including phenoxy) is 3. The Labute approximate surface area is 204 Å². The lowest BCUT2D eigenvalue weighted by atomic mass is 9.96. The van der Waals surface area contributed by atoms with E-state index in [9.17, 15) is 9.59 Å². The highest BCUT2D eigenvalue weighted by Crippen LogP contribution is 2.33. The van der Waals surface area contributed by atoms with Crippen LogP contribution in [0.2, 0.25) is 5.02 Å². The van der Waals surface area contributed by atoms with Gasteiger partial charge >= 0.3 is 5.97 Å². The summed E-state index contributed by atoms with van der Waals surface area (Å²) >= 11 is 7.37. The summed E-state index contributed by atoms with van der Waals surface area (Å²) in [4.78, 5) is 31.8. The molecule has 5 rings (SSSR count). The van der Waals surface area contributed by atoms with Gasteiger partial charge in [-0.15, -0.1) is 0 Å². The first-order valence-corrected chi connectivity index (χ1v) is 11.9. The highest BCUT2D eigenvalue weighted by atomic mass is 35.5. The standard InChI is InChI=1S/C25H21ClN2O5S/c1-13(2)33-24(30)21-14(3)27-25-28(22(21)16-5-7-17(26)8-6-16)23(29)20(34-25)11-15-4-9-18-19(10-15)32-12-31-18/h4-11,13,22H,12H2,1-3H3/b20-11-. The van der Waals surface area contributed by atoms with E-state index >= 15 is 0 Å². The predicted octanol–water partition coefficient (Wildman–Crippen LogP) is 3.57. The smallest absolute Gasteiger partial charge is 0.338 e. The molecule has 0 saturated carbocycles. The number of hydrogen-bond acceptors (Lipinski definition) is 7. The first kappa shape index (κ1) is 22.4. The van der Waals surface area contributed by atoms with E-state index in [1.54, 1.807) is 43.5 Å². The van der Waals surface area contributed by atoms with Crippen molar-refractivity contribution >= 4 is 35.0 Å². The fourth-order valence-electron chi connectivity index (χ4n) is 3.97. The fraction of sp³-hybridized carbons (Fsp3) is 0.240. The van der Waals surface area contributed by atoms with Gasteiger partial charge in [0.15, 0.2) is 16.3 Å². The number of rotatable bonds is 4. The number of esters is 1. The van der Waals surface area contributed by atoms with Gasteiger partial charge < -0.3 is 14.2 Å². The molecule has 0 N–H and O–H groups in total. The van der Waals surface area contributed by atoms with Crippen LogP contribution in [0.1, 0.15) is 37.9 Å². The molecule has 2 aliphatic heterocycles. The third-order valence-corrected chi connectivity index (χ3v) is 6.70. The van der Waals surface area contributed by atoms with E-state index in [2.05, 4.69) is 4.99 Å². The van der Waals surface area contributed by atoms with E-state index in [1.165, 1.54) is 11.3 Å². The molecule has 0 fully saturated rings. The molecule has 1 unspecified atom stereocenters. The van der Waals surface area contributed by atoms with Crippen molar-refractivity contribution in [2.24, 2.45) is 4.99 Å². The number of carbonyl (C=O) groups is 1. The van der Waals surface area contributed by atoms with Gasteiger partial charge in [-0.2, -0.15) is 0 Å². The maximum Gasteiger partial charge on any atom is 0.338 e. The van der Waals surface area contributed by atoms with Crippen molar-refractivity contribution in [2.75, 3.05) is 6.79 Å². The third kappa shape index (κ3) is 4.03. The summed E-state index contributed by atoms with van der Waals surface area (Å²) in [6.07, 6.45) is 1.48. The lowest BCUT2D eigenvalue weighted by molar-refractivity contribution is -0.143. The van der Waals surface area contributed by atoms with E-state index in [1.807, 2.05) is 30.3 Å². The summed E-state index contributed by atoms with van der Waals surface area (Å²) in [7, 11) is 0. The molecule has 34 heavy (non-hydrogen) atoms. The predicted molar refractivity (Wildman–Crippen MR) is 129 cm³/mol. The molecule has 7 nitrogen and oxygen atoms in total. The molecule has 3 aromatic rings. The van der Waals surface area contributed by atoms with Gasteiger partial charge in [-0.25, -0.2) is 9.79 Å². The van der Waals surface area contributed by atoms with Gasteiger partial charge in [0.2, 0.25) is 6.79 Å². The van der Waals surface area contributed by atoms with E-state index in [-0.39, 0.29) is 18.5 Å². The van der Waals surface area contributed by atoms with Crippen molar-refractivity contribution in [3.05, 3.63) is 89.6 Å². The molecule has 0 bridgehead atoms. The first-order valence-electron chi connectivity index (χ1n) is 10.7. The van der Waals surface area contributed by atoms with Crippen LogP contribution in [-0.4, -0.2) is 23.4 Å². The summed E-state index contributed by atoms with van der Waals surface area (Å²) in [6, 6.07) is 11.9. The molecule has 2 aromatic carbocycles. The average Bonchev–Trinajstić information content (AvgIpc) is 3.37. The Morgan fingerprint density at radius 3 is 2.68 bits per heavy atom. The maximum atomic E-state index is 13.6. The minimum absolute atomic E-state index is 0.177. The van der Waals surface area contributed by atoms with Crippen molar-refractivity contribution in [2.45, 2.75) is 32.9 Å². The Bertz CT molecular complexity index is 1500.